The second-order valence-corrected chi connectivity index (χ2v) is 8.62. The van der Waals surface area contributed by atoms with E-state index in [0.29, 0.717) is 34.9 Å². The van der Waals surface area contributed by atoms with Gasteiger partial charge < -0.3 is 23.8 Å². The topological polar surface area (TPSA) is 64.0 Å². The van der Waals surface area contributed by atoms with Crippen molar-refractivity contribution in [2.45, 2.75) is 13.1 Å². The lowest BCUT2D eigenvalue weighted by Crippen LogP contribution is -2.31. The minimum atomic E-state index is -0.226. The summed E-state index contributed by atoms with van der Waals surface area (Å²) in [4.78, 5) is 30.2. The highest BCUT2D eigenvalue weighted by molar-refractivity contribution is 6.09. The molecule has 1 aliphatic rings. The van der Waals surface area contributed by atoms with E-state index < -0.39 is 0 Å². The van der Waals surface area contributed by atoms with Crippen LogP contribution in [0.1, 0.15) is 32.0 Å². The predicted molar refractivity (Wildman–Crippen MR) is 139 cm³/mol. The van der Waals surface area contributed by atoms with E-state index in [1.165, 1.54) is 12.0 Å². The third kappa shape index (κ3) is 4.20. The molecule has 0 bridgehead atoms. The zero-order chi connectivity index (χ0) is 25.2. The summed E-state index contributed by atoms with van der Waals surface area (Å²) in [6.07, 6.45) is 2.04. The summed E-state index contributed by atoms with van der Waals surface area (Å²) in [6, 6.07) is 24.2. The van der Waals surface area contributed by atoms with Crippen LogP contribution in [0.4, 0.5) is 11.4 Å². The van der Waals surface area contributed by atoms with Gasteiger partial charge in [0.1, 0.15) is 11.5 Å². The van der Waals surface area contributed by atoms with Crippen molar-refractivity contribution in [2.75, 3.05) is 31.1 Å². The zero-order valence-corrected chi connectivity index (χ0v) is 20.5. The fourth-order valence-electron chi connectivity index (χ4n) is 4.52. The Kier molecular flexibility index (Phi) is 6.21. The molecule has 7 nitrogen and oxygen atoms in total. The summed E-state index contributed by atoms with van der Waals surface area (Å²) in [5.41, 5.74) is 4.72. The molecule has 0 radical (unpaired) electrons. The fraction of sp³-hybridized carbons (Fsp3) is 0.172. The van der Waals surface area contributed by atoms with Crippen LogP contribution < -0.4 is 19.3 Å². The van der Waals surface area contributed by atoms with Gasteiger partial charge in [-0.15, -0.1) is 0 Å². The lowest BCUT2D eigenvalue weighted by Gasteiger charge is -2.23. The van der Waals surface area contributed by atoms with Crippen molar-refractivity contribution >= 4 is 23.2 Å². The molecule has 1 aromatic heterocycles. The number of ether oxygens (including phenoxy) is 2. The minimum absolute atomic E-state index is 0.0885. The number of carbonyl (C=O) groups is 2. The van der Waals surface area contributed by atoms with Gasteiger partial charge in [0.15, 0.2) is 0 Å². The average molecular weight is 482 g/mol. The Morgan fingerprint density at radius 3 is 2.39 bits per heavy atom. The van der Waals surface area contributed by atoms with Crippen molar-refractivity contribution in [1.82, 2.24) is 4.57 Å². The predicted octanol–water partition coefficient (Wildman–Crippen LogP) is 4.99. The van der Waals surface area contributed by atoms with Gasteiger partial charge in [-0.3, -0.25) is 9.59 Å². The number of hydrogen-bond acceptors (Lipinski definition) is 4. The van der Waals surface area contributed by atoms with Crippen LogP contribution in [-0.4, -0.2) is 37.6 Å². The van der Waals surface area contributed by atoms with Crippen LogP contribution in [0.5, 0.6) is 11.5 Å². The van der Waals surface area contributed by atoms with Crippen LogP contribution >= 0.6 is 0 Å². The van der Waals surface area contributed by atoms with Crippen LogP contribution in [0.15, 0.2) is 85.1 Å². The van der Waals surface area contributed by atoms with E-state index >= 15 is 0 Å². The molecule has 3 aromatic carbocycles. The van der Waals surface area contributed by atoms with Gasteiger partial charge in [0.05, 0.1) is 26.3 Å². The molecule has 5 rings (SSSR count). The van der Waals surface area contributed by atoms with Gasteiger partial charge in [0.2, 0.25) is 0 Å². The molecule has 0 spiro atoms. The highest BCUT2D eigenvalue weighted by Crippen LogP contribution is 2.30. The third-order valence-electron chi connectivity index (χ3n) is 6.56. The molecule has 182 valence electrons. The van der Waals surface area contributed by atoms with Gasteiger partial charge in [-0.2, -0.15) is 0 Å². The Morgan fingerprint density at radius 1 is 0.861 bits per heavy atom. The Bertz CT molecular complexity index is 1420. The lowest BCUT2D eigenvalue weighted by molar-refractivity contribution is 0.0980. The number of nitrogens with zero attached hydrogens (tertiary/aromatic N) is 3. The first-order valence-corrected chi connectivity index (χ1v) is 11.6. The maximum Gasteiger partial charge on any atom is 0.261 e. The Labute approximate surface area is 210 Å². The number of hydrogen-bond donors (Lipinski definition) is 0. The molecule has 0 fully saturated rings. The lowest BCUT2D eigenvalue weighted by atomic mass is 10.1. The summed E-state index contributed by atoms with van der Waals surface area (Å²) < 4.78 is 12.8. The van der Waals surface area contributed by atoms with Crippen LogP contribution in [0.25, 0.3) is 0 Å². The van der Waals surface area contributed by atoms with Crippen molar-refractivity contribution < 1.29 is 19.1 Å². The van der Waals surface area contributed by atoms with Crippen LogP contribution in [0.2, 0.25) is 0 Å². The average Bonchev–Trinajstić information content (AvgIpc) is 3.30. The number of rotatable bonds is 5. The molecular weight excluding hydrogens is 454 g/mol. The molecular formula is C29H27N3O4. The van der Waals surface area contributed by atoms with Crippen LogP contribution in [0, 0.1) is 0 Å². The number of benzene rings is 3. The van der Waals surface area contributed by atoms with Gasteiger partial charge in [0.25, 0.3) is 11.8 Å². The number of anilines is 2. The van der Waals surface area contributed by atoms with E-state index in [2.05, 4.69) is 10.6 Å². The Morgan fingerprint density at radius 2 is 1.64 bits per heavy atom. The van der Waals surface area contributed by atoms with Gasteiger partial charge in [0, 0.05) is 48.5 Å². The monoisotopic (exact) mass is 481 g/mol. The number of methoxy groups -OCH3 is 2. The number of carbonyl (C=O) groups excluding carboxylic acids is 2. The molecule has 0 saturated carbocycles. The quantitative estimate of drug-likeness (QED) is 0.403. The molecule has 0 N–H and O–H groups in total. The molecule has 0 aliphatic carbocycles. The van der Waals surface area contributed by atoms with Crippen LogP contribution in [0.3, 0.4) is 0 Å². The molecule has 2 amide bonds. The first-order chi connectivity index (χ1) is 17.5. The normalized spacial score (nSPS) is 12.2. The van der Waals surface area contributed by atoms with Gasteiger partial charge in [-0.25, -0.2) is 0 Å². The smallest absolute Gasteiger partial charge is 0.261 e. The molecule has 1 aliphatic heterocycles. The van der Waals surface area contributed by atoms with Gasteiger partial charge in [-0.05, 0) is 60.2 Å². The van der Waals surface area contributed by atoms with E-state index in [4.69, 9.17) is 9.47 Å². The van der Waals surface area contributed by atoms with Crippen LogP contribution in [-0.2, 0) is 13.1 Å². The molecule has 0 unspecified atom stereocenters. The summed E-state index contributed by atoms with van der Waals surface area (Å²) in [7, 11) is 4.78. The second kappa shape index (κ2) is 9.62. The Balaban J connectivity index is 1.40. The van der Waals surface area contributed by atoms with Crippen molar-refractivity contribution in [3.63, 3.8) is 0 Å². The summed E-state index contributed by atoms with van der Waals surface area (Å²) in [5.74, 6) is 0.726. The maximum absolute atomic E-state index is 13.6. The molecule has 4 aromatic rings. The number of fused-ring (bicyclic) bond motifs is 2. The van der Waals surface area contributed by atoms with E-state index in [9.17, 15) is 9.59 Å². The third-order valence-corrected chi connectivity index (χ3v) is 6.56. The minimum Gasteiger partial charge on any atom is -0.497 e. The number of aromatic nitrogens is 1. The molecule has 7 heteroatoms. The zero-order valence-electron chi connectivity index (χ0n) is 20.5. The van der Waals surface area contributed by atoms with E-state index in [1.54, 1.807) is 56.6 Å². The second-order valence-electron chi connectivity index (χ2n) is 8.62. The first kappa shape index (κ1) is 23.2. The molecule has 36 heavy (non-hydrogen) atoms. The van der Waals surface area contributed by atoms with Crippen molar-refractivity contribution in [1.29, 1.82) is 0 Å². The summed E-state index contributed by atoms with van der Waals surface area (Å²) in [5, 5.41) is 0. The van der Waals surface area contributed by atoms with E-state index in [-0.39, 0.29) is 11.8 Å². The highest BCUT2D eigenvalue weighted by atomic mass is 16.5. The van der Waals surface area contributed by atoms with Crippen molar-refractivity contribution in [3.05, 3.63) is 107 Å². The fourth-order valence-corrected chi connectivity index (χ4v) is 4.52. The molecule has 0 saturated heterocycles. The van der Waals surface area contributed by atoms with Crippen molar-refractivity contribution in [3.8, 4) is 11.5 Å². The first-order valence-electron chi connectivity index (χ1n) is 11.6. The largest absolute Gasteiger partial charge is 0.497 e. The number of para-hydroxylation sites is 1. The highest BCUT2D eigenvalue weighted by Gasteiger charge is 2.25. The van der Waals surface area contributed by atoms with E-state index in [1.807, 2.05) is 41.4 Å². The molecule has 0 atom stereocenters. The molecule has 2 heterocycles. The van der Waals surface area contributed by atoms with Gasteiger partial charge >= 0.3 is 0 Å². The van der Waals surface area contributed by atoms with E-state index in [0.717, 1.165) is 23.5 Å². The summed E-state index contributed by atoms with van der Waals surface area (Å²) in [6.45, 7) is 1.21. The number of amides is 2. The summed E-state index contributed by atoms with van der Waals surface area (Å²) >= 11 is 0. The van der Waals surface area contributed by atoms with Gasteiger partial charge in [-0.1, -0.05) is 18.2 Å². The standard InChI is InChI=1S/C29H27N3O4/c1-30(29(34)25-15-14-24(35-2)17-27(25)36-3)22-12-10-20(11-13-22)28(33)32-19-23-8-6-16-31(23)18-21-7-4-5-9-26(21)32/h4-17H,18-19H2,1-3H3. The van der Waals surface area contributed by atoms with Crippen molar-refractivity contribution in [2.24, 2.45) is 0 Å². The maximum atomic E-state index is 13.6. The SMILES string of the molecule is COc1ccc(C(=O)N(C)c2ccc(C(=O)N3Cc4cccn4Cc4ccccc43)cc2)c(OC)c1. The Hall–Kier alpha value is -4.52.